The minimum absolute atomic E-state index is 0.0973. The van der Waals surface area contributed by atoms with Crippen molar-refractivity contribution < 1.29 is 14.8 Å². The average molecular weight is 314 g/mol. The van der Waals surface area contributed by atoms with E-state index in [1.54, 1.807) is 6.07 Å². The van der Waals surface area contributed by atoms with Crippen molar-refractivity contribution >= 4 is 28.7 Å². The molecule has 0 aliphatic heterocycles. The summed E-state index contributed by atoms with van der Waals surface area (Å²) in [4.78, 5) is 35.6. The van der Waals surface area contributed by atoms with E-state index in [1.807, 2.05) is 0 Å². The van der Waals surface area contributed by atoms with Gasteiger partial charge in [-0.05, 0) is 6.07 Å². The smallest absolute Gasteiger partial charge is 0.320 e. The lowest BCUT2D eigenvalue weighted by Crippen LogP contribution is -2.23. The van der Waals surface area contributed by atoms with Crippen molar-refractivity contribution in [2.75, 3.05) is 5.32 Å². The third kappa shape index (κ3) is 2.48. The van der Waals surface area contributed by atoms with Crippen LogP contribution in [-0.4, -0.2) is 25.5 Å². The van der Waals surface area contributed by atoms with E-state index >= 15 is 0 Å². The molecule has 23 heavy (non-hydrogen) atoms. The Balaban J connectivity index is 2.08. The summed E-state index contributed by atoms with van der Waals surface area (Å²) in [5.74, 6) is -1.26. The number of nitrogens with zero attached hydrogens (tertiary/aromatic N) is 3. The predicted molar refractivity (Wildman–Crippen MR) is 76.5 cm³/mol. The van der Waals surface area contributed by atoms with Crippen LogP contribution in [0.1, 0.15) is 10.4 Å². The summed E-state index contributed by atoms with van der Waals surface area (Å²) in [6.07, 6.45) is 2.26. The van der Waals surface area contributed by atoms with Gasteiger partial charge in [0, 0.05) is 11.3 Å². The maximum absolute atomic E-state index is 12.0. The molecule has 10 heteroatoms. The number of H-pyrrole nitrogens is 1. The van der Waals surface area contributed by atoms with E-state index in [0.29, 0.717) is 0 Å². The molecule has 0 unspecified atom stereocenters. The van der Waals surface area contributed by atoms with Crippen LogP contribution in [0, 0.1) is 10.1 Å². The molecule has 2 N–H and O–H groups in total. The van der Waals surface area contributed by atoms with Crippen molar-refractivity contribution in [2.24, 2.45) is 0 Å². The molecule has 0 atom stereocenters. The van der Waals surface area contributed by atoms with Gasteiger partial charge in [-0.25, -0.2) is 4.52 Å². The number of nitrogens with one attached hydrogen (secondary N) is 2. The molecule has 0 fully saturated rings. The zero-order valence-corrected chi connectivity index (χ0v) is 11.3. The topological polar surface area (TPSA) is 145 Å². The van der Waals surface area contributed by atoms with Gasteiger partial charge in [-0.1, -0.05) is 18.2 Å². The van der Waals surface area contributed by atoms with Gasteiger partial charge in [0.25, 0.3) is 5.56 Å². The van der Waals surface area contributed by atoms with E-state index in [0.717, 1.165) is 10.7 Å². The highest BCUT2D eigenvalue weighted by molar-refractivity contribution is 5.93. The van der Waals surface area contributed by atoms with Crippen molar-refractivity contribution in [3.05, 3.63) is 62.7 Å². The van der Waals surface area contributed by atoms with Crippen LogP contribution in [0.3, 0.4) is 0 Å². The molecule has 3 aromatic rings. The lowest BCUT2D eigenvalue weighted by Gasteiger charge is -2.12. The molecule has 116 valence electrons. The zero-order valence-electron chi connectivity index (χ0n) is 11.3. The molecule has 0 radical (unpaired) electrons. The first-order valence-corrected chi connectivity index (χ1v) is 6.30. The number of carbonyl (C=O) groups excluding carboxylic acids is 1. The van der Waals surface area contributed by atoms with Crippen molar-refractivity contribution in [1.29, 1.82) is 0 Å². The number of carboxylic acids is 1. The van der Waals surface area contributed by atoms with Gasteiger partial charge in [-0.2, -0.15) is 5.10 Å². The number of hydrogen-bond acceptors (Lipinski definition) is 7. The molecule has 0 amide bonds. The number of aromatic carboxylic acids is 1. The van der Waals surface area contributed by atoms with Crippen molar-refractivity contribution in [1.82, 2.24) is 14.6 Å². The first-order chi connectivity index (χ1) is 11.0. The number of para-hydroxylation sites is 1. The highest BCUT2D eigenvalue weighted by Crippen LogP contribution is 2.20. The Labute approximate surface area is 127 Å². The molecule has 2 heterocycles. The van der Waals surface area contributed by atoms with Gasteiger partial charge in [0.1, 0.15) is 12.0 Å². The molecule has 1 aromatic carbocycles. The Kier molecular flexibility index (Phi) is 3.26. The fraction of sp³-hybridized carbons (Fsp3) is 0. The number of rotatable bonds is 4. The second-order valence-corrected chi connectivity index (χ2v) is 4.54. The summed E-state index contributed by atoms with van der Waals surface area (Å²) in [5.41, 5.74) is -1.27. The van der Waals surface area contributed by atoms with Crippen LogP contribution < -0.4 is 16.0 Å². The lowest BCUT2D eigenvalue weighted by atomic mass is 10.2. The van der Waals surface area contributed by atoms with Crippen LogP contribution in [0.4, 0.5) is 17.2 Å². The van der Waals surface area contributed by atoms with Crippen LogP contribution >= 0.6 is 0 Å². The van der Waals surface area contributed by atoms with Gasteiger partial charge in [0.05, 0.1) is 17.1 Å². The van der Waals surface area contributed by atoms with Crippen LogP contribution in [0.25, 0.3) is 5.52 Å². The standard InChI is InChI=1S/C13H9N5O5/c19-12-11-9(18(22)23)5-14-17(11)6-10(16-12)15-8-4-2-1-3-7(8)13(20)21/h1-6,15H,(H,16,19)(H,20,21)/p-1. The Morgan fingerprint density at radius 2 is 2.09 bits per heavy atom. The fourth-order valence-electron chi connectivity index (χ4n) is 2.12. The van der Waals surface area contributed by atoms with Crippen molar-refractivity contribution in [2.45, 2.75) is 0 Å². The summed E-state index contributed by atoms with van der Waals surface area (Å²) in [7, 11) is 0. The van der Waals surface area contributed by atoms with E-state index in [4.69, 9.17) is 0 Å². The van der Waals surface area contributed by atoms with E-state index in [2.05, 4.69) is 15.4 Å². The Morgan fingerprint density at radius 1 is 1.35 bits per heavy atom. The van der Waals surface area contributed by atoms with Gasteiger partial charge in [-0.15, -0.1) is 0 Å². The van der Waals surface area contributed by atoms with Gasteiger partial charge in [-0.3, -0.25) is 14.9 Å². The quantitative estimate of drug-likeness (QED) is 0.510. The molecule has 0 saturated carbocycles. The minimum Gasteiger partial charge on any atom is -0.545 e. The highest BCUT2D eigenvalue weighted by Gasteiger charge is 2.18. The van der Waals surface area contributed by atoms with Crippen LogP contribution in [0.15, 0.2) is 41.5 Å². The summed E-state index contributed by atoms with van der Waals surface area (Å²) < 4.78 is 1.04. The number of aromatic amines is 1. The second-order valence-electron chi connectivity index (χ2n) is 4.54. The van der Waals surface area contributed by atoms with Crippen LogP contribution in [-0.2, 0) is 0 Å². The Hall–Kier alpha value is -3.69. The van der Waals surface area contributed by atoms with Gasteiger partial charge >= 0.3 is 5.69 Å². The first-order valence-electron chi connectivity index (χ1n) is 6.30. The molecule has 0 aliphatic carbocycles. The number of hydrogen-bond donors (Lipinski definition) is 2. The summed E-state index contributed by atoms with van der Waals surface area (Å²) in [6.45, 7) is 0. The molecule has 0 spiro atoms. The molecule has 3 rings (SSSR count). The summed E-state index contributed by atoms with van der Waals surface area (Å²) >= 11 is 0. The van der Waals surface area contributed by atoms with Crippen molar-refractivity contribution in [3.63, 3.8) is 0 Å². The predicted octanol–water partition coefficient (Wildman–Crippen LogP) is 0.0379. The fourth-order valence-corrected chi connectivity index (χ4v) is 2.12. The lowest BCUT2D eigenvalue weighted by molar-refractivity contribution is -0.383. The largest absolute Gasteiger partial charge is 0.545 e. The SMILES string of the molecule is O=C([O-])c1ccccc1Nc1cn2ncc([N+](=O)[O-])c2c(=O)[nH]1. The Morgan fingerprint density at radius 3 is 2.78 bits per heavy atom. The number of benzene rings is 1. The zero-order chi connectivity index (χ0) is 16.6. The summed E-state index contributed by atoms with van der Waals surface area (Å²) in [5, 5.41) is 28.4. The Bertz CT molecular complexity index is 990. The molecular formula is C13H8N5O5-. The maximum Gasteiger partial charge on any atom is 0.320 e. The normalized spacial score (nSPS) is 10.6. The van der Waals surface area contributed by atoms with Crippen LogP contribution in [0.5, 0.6) is 0 Å². The molecular weight excluding hydrogens is 306 g/mol. The number of carbonyl (C=O) groups is 1. The van der Waals surface area contributed by atoms with Gasteiger partial charge < -0.3 is 20.2 Å². The third-order valence-electron chi connectivity index (χ3n) is 3.10. The molecule has 10 nitrogen and oxygen atoms in total. The van der Waals surface area contributed by atoms with Crippen LogP contribution in [0.2, 0.25) is 0 Å². The van der Waals surface area contributed by atoms with E-state index in [9.17, 15) is 24.8 Å². The van der Waals surface area contributed by atoms with Crippen molar-refractivity contribution in [3.8, 4) is 0 Å². The van der Waals surface area contributed by atoms with E-state index in [-0.39, 0.29) is 22.6 Å². The molecule has 2 aromatic heterocycles. The first kappa shape index (κ1) is 14.3. The monoisotopic (exact) mass is 314 g/mol. The minimum atomic E-state index is -1.38. The van der Waals surface area contributed by atoms with E-state index < -0.39 is 22.1 Å². The molecule has 0 aliphatic rings. The number of nitro groups is 1. The number of anilines is 2. The number of aromatic nitrogens is 3. The molecule has 0 bridgehead atoms. The maximum atomic E-state index is 12.0. The highest BCUT2D eigenvalue weighted by atomic mass is 16.6. The van der Waals surface area contributed by atoms with Gasteiger partial charge in [0.2, 0.25) is 5.52 Å². The number of fused-ring (bicyclic) bond motifs is 1. The van der Waals surface area contributed by atoms with E-state index in [1.165, 1.54) is 24.4 Å². The third-order valence-corrected chi connectivity index (χ3v) is 3.10. The summed E-state index contributed by atoms with van der Waals surface area (Å²) in [6, 6.07) is 5.95. The second kappa shape index (κ2) is 5.26. The average Bonchev–Trinajstić information content (AvgIpc) is 2.92. The van der Waals surface area contributed by atoms with Gasteiger partial charge in [0.15, 0.2) is 0 Å². The molecule has 0 saturated heterocycles. The number of carboxylic acid groups (broad SMARTS) is 1.